The van der Waals surface area contributed by atoms with Gasteiger partial charge < -0.3 is 10.0 Å². The van der Waals surface area contributed by atoms with Gasteiger partial charge in [0.2, 0.25) is 0 Å². The summed E-state index contributed by atoms with van der Waals surface area (Å²) in [6.45, 7) is 0.761. The summed E-state index contributed by atoms with van der Waals surface area (Å²) in [7, 11) is 1.06. The van der Waals surface area contributed by atoms with Crippen molar-refractivity contribution in [1.82, 2.24) is 5.32 Å². The number of aryl methyl sites for hydroxylation is 1. The number of nitrogens with zero attached hydrogens (tertiary/aromatic N) is 1. The van der Waals surface area contributed by atoms with Crippen LogP contribution in [0.2, 0.25) is 0 Å². The molecule has 0 fully saturated rings. The Labute approximate surface area is 200 Å². The molecule has 3 rings (SSSR count). The molecule has 1 N–H and O–H groups in total. The molecule has 2 atom stereocenters. The summed E-state index contributed by atoms with van der Waals surface area (Å²) in [4.78, 5) is 0. The molecule has 3 aromatic rings. The molecule has 4 nitrogen and oxygen atoms in total. The first-order valence-corrected chi connectivity index (χ1v) is 14.0. The Kier molecular flexibility index (Phi) is 11.4. The predicted molar refractivity (Wildman–Crippen MR) is 125 cm³/mol. The van der Waals surface area contributed by atoms with Crippen LogP contribution in [0.4, 0.5) is 0 Å². The van der Waals surface area contributed by atoms with Crippen LogP contribution in [-0.4, -0.2) is 21.2 Å². The molecule has 0 bridgehead atoms. The number of benzene rings is 3. The van der Waals surface area contributed by atoms with Gasteiger partial charge in [0.25, 0.3) is 0 Å². The molecule has 0 saturated carbocycles. The van der Waals surface area contributed by atoms with Crippen LogP contribution in [-0.2, 0) is 33.8 Å². The van der Waals surface area contributed by atoms with Crippen LogP contribution >= 0.6 is 9.69 Å². The Bertz CT molecular complexity index is 974. The third-order valence-corrected chi connectivity index (χ3v) is 5.38. The molecule has 0 aliphatic rings. The first kappa shape index (κ1) is 25.7. The molecule has 31 heavy (non-hydrogen) atoms. The summed E-state index contributed by atoms with van der Waals surface area (Å²) in [5.74, 6) is 0. The van der Waals surface area contributed by atoms with Crippen molar-refractivity contribution in [2.45, 2.75) is 24.9 Å². The average molecular weight is 544 g/mol. The van der Waals surface area contributed by atoms with Crippen molar-refractivity contribution in [3.8, 4) is 0 Å². The van der Waals surface area contributed by atoms with Gasteiger partial charge in [0.05, 0.1) is 10.0 Å². The Morgan fingerprint density at radius 1 is 0.839 bits per heavy atom. The van der Waals surface area contributed by atoms with Gasteiger partial charge in [-0.2, -0.15) is 0 Å². The summed E-state index contributed by atoms with van der Waals surface area (Å²) < 4.78 is 28.3. The van der Waals surface area contributed by atoms with Crippen molar-refractivity contribution < 1.29 is 25.7 Å². The number of rotatable bonds is 10. The maximum absolute atomic E-state index is 12.1. The van der Waals surface area contributed by atoms with Crippen LogP contribution in [0.3, 0.4) is 0 Å². The molecule has 7 heteroatoms. The maximum atomic E-state index is 12.1. The van der Waals surface area contributed by atoms with E-state index < -0.39 is 16.1 Å². The van der Waals surface area contributed by atoms with Gasteiger partial charge in [-0.3, -0.25) is 0 Å². The van der Waals surface area contributed by atoms with Crippen molar-refractivity contribution in [3.63, 3.8) is 0 Å². The standard InChI is InChI=1S/C24H27N2O2S.ClH.Ru/c1-29(27,28)26-24(22-17-9-4-10-18-22)23(21-15-7-3-8-16-21)25-19-11-14-20-12-5-2-6-13-20;;/h2-10,12-13,15-18,23-25H,11,14,19H2,1H3;1H;/q-1;;+2/p-1/t23-,24-;;/m1../s1. The molecule has 0 aromatic heterocycles. The Morgan fingerprint density at radius 2 is 1.32 bits per heavy atom. The van der Waals surface area contributed by atoms with Crippen molar-refractivity contribution >= 4 is 19.7 Å². The summed E-state index contributed by atoms with van der Waals surface area (Å²) in [5, 5.41) is 3.57. The van der Waals surface area contributed by atoms with Gasteiger partial charge in [0.1, 0.15) is 0 Å². The van der Waals surface area contributed by atoms with Gasteiger partial charge in [0.15, 0.2) is 0 Å². The average Bonchev–Trinajstić information content (AvgIpc) is 2.80. The molecule has 0 aliphatic heterocycles. The third kappa shape index (κ3) is 9.22. The van der Waals surface area contributed by atoms with E-state index in [0.29, 0.717) is 0 Å². The fourth-order valence-corrected chi connectivity index (χ4v) is 4.09. The Morgan fingerprint density at radius 3 is 1.84 bits per heavy atom. The third-order valence-electron chi connectivity index (χ3n) is 4.77. The van der Waals surface area contributed by atoms with Gasteiger partial charge in [-0.25, -0.2) is 8.42 Å². The molecule has 166 valence electrons. The zero-order valence-corrected chi connectivity index (χ0v) is 20.7. The number of hydrogen-bond donors (Lipinski definition) is 1. The van der Waals surface area contributed by atoms with Crippen molar-refractivity contribution in [1.29, 1.82) is 0 Å². The molecule has 0 radical (unpaired) electrons. The zero-order valence-electron chi connectivity index (χ0n) is 17.3. The molecule has 0 spiro atoms. The second-order valence-corrected chi connectivity index (χ2v) is 8.80. The van der Waals surface area contributed by atoms with E-state index in [-0.39, 0.29) is 6.04 Å². The van der Waals surface area contributed by atoms with E-state index in [1.165, 1.54) is 5.56 Å². The normalized spacial score (nSPS) is 13.0. The number of hydrogen-bond acceptors (Lipinski definition) is 3. The van der Waals surface area contributed by atoms with E-state index in [1.807, 2.05) is 96.2 Å². The summed E-state index contributed by atoms with van der Waals surface area (Å²) in [6.07, 6.45) is 3.07. The van der Waals surface area contributed by atoms with Gasteiger partial charge >= 0.3 is 27.0 Å². The molecular formula is C24H27ClN2O2RuS. The van der Waals surface area contributed by atoms with E-state index in [9.17, 15) is 8.42 Å². The van der Waals surface area contributed by atoms with Gasteiger partial charge in [-0.15, -0.1) is 0 Å². The predicted octanol–water partition coefficient (Wildman–Crippen LogP) is 5.71. The Balaban J connectivity index is 0.00000166. The first-order valence-electron chi connectivity index (χ1n) is 9.95. The number of halogens is 1. The fourth-order valence-electron chi connectivity index (χ4n) is 3.44. The van der Waals surface area contributed by atoms with E-state index in [0.717, 1.165) is 36.8 Å². The minimum absolute atomic E-state index is 0.232. The second kappa shape index (κ2) is 13.8. The van der Waals surface area contributed by atoms with E-state index in [4.69, 9.17) is 0 Å². The second-order valence-electron chi connectivity index (χ2n) is 7.13. The summed E-state index contributed by atoms with van der Waals surface area (Å²) >= 11 is 1.82. The van der Waals surface area contributed by atoms with Crippen LogP contribution < -0.4 is 5.32 Å². The van der Waals surface area contributed by atoms with Gasteiger partial charge in [-0.05, 0) is 30.5 Å². The molecule has 0 unspecified atom stereocenters. The van der Waals surface area contributed by atoms with Crippen molar-refractivity contribution in [2.24, 2.45) is 0 Å². The zero-order chi connectivity index (χ0) is 22.5. The van der Waals surface area contributed by atoms with Crippen LogP contribution in [0.15, 0.2) is 91.0 Å². The molecule has 0 saturated heterocycles. The first-order chi connectivity index (χ1) is 15.0. The fraction of sp³-hybridized carbons (Fsp3) is 0.250. The molecule has 3 aromatic carbocycles. The van der Waals surface area contributed by atoms with E-state index >= 15 is 0 Å². The quantitative estimate of drug-likeness (QED) is 0.263. The van der Waals surface area contributed by atoms with Crippen LogP contribution in [0, 0.1) is 0 Å². The van der Waals surface area contributed by atoms with Gasteiger partial charge in [-0.1, -0.05) is 103 Å². The van der Waals surface area contributed by atoms with Crippen molar-refractivity contribution in [2.75, 3.05) is 12.8 Å². The number of sulfonamides is 1. The number of nitrogens with one attached hydrogen (secondary N) is 1. The van der Waals surface area contributed by atoms with Crippen LogP contribution in [0.5, 0.6) is 0 Å². The van der Waals surface area contributed by atoms with Crippen LogP contribution in [0.1, 0.15) is 35.2 Å². The summed E-state index contributed by atoms with van der Waals surface area (Å²) in [6, 6.07) is 29.2. The SMILES string of the molecule is CS(=O)(=O)[N-][C@H](c1ccccc1)[C@H](NCCCc1ccccc1)c1ccccc1.[Cl][Ru+]. The summed E-state index contributed by atoms with van der Waals surface area (Å²) in [5.41, 5.74) is 3.20. The molecule has 0 amide bonds. The topological polar surface area (TPSA) is 60.3 Å². The molecule has 0 heterocycles. The van der Waals surface area contributed by atoms with Crippen molar-refractivity contribution in [3.05, 3.63) is 112 Å². The Hall–Kier alpha value is -1.56. The minimum atomic E-state index is -3.51. The van der Waals surface area contributed by atoms with E-state index in [2.05, 4.69) is 31.9 Å². The molecular weight excluding hydrogens is 517 g/mol. The van der Waals surface area contributed by atoms with Gasteiger partial charge in [0, 0.05) is 12.3 Å². The van der Waals surface area contributed by atoms with Crippen LogP contribution in [0.25, 0.3) is 4.72 Å². The monoisotopic (exact) mass is 544 g/mol. The van der Waals surface area contributed by atoms with E-state index in [1.54, 1.807) is 0 Å². The molecule has 0 aliphatic carbocycles.